The monoisotopic (exact) mass is 299 g/mol. The second kappa shape index (κ2) is 5.87. The van der Waals surface area contributed by atoms with Crippen LogP contribution in [0.15, 0.2) is 18.3 Å². The average Bonchev–Trinajstić information content (AvgIpc) is 3.15. The van der Waals surface area contributed by atoms with Gasteiger partial charge in [-0.15, -0.1) is 0 Å². The molecule has 1 aliphatic heterocycles. The third-order valence-electron chi connectivity index (χ3n) is 4.19. The maximum atomic E-state index is 11.5. The molecule has 0 aromatic carbocycles. The zero-order chi connectivity index (χ0) is 15.7. The second-order valence-corrected chi connectivity index (χ2v) is 5.71. The molecule has 0 N–H and O–H groups in total. The maximum absolute atomic E-state index is 11.5. The second-order valence-electron chi connectivity index (χ2n) is 5.71. The Kier molecular flexibility index (Phi) is 3.92. The molecule has 0 radical (unpaired) electrons. The van der Waals surface area contributed by atoms with E-state index >= 15 is 0 Å². The van der Waals surface area contributed by atoms with Crippen molar-refractivity contribution >= 4 is 5.91 Å². The van der Waals surface area contributed by atoms with Crippen LogP contribution >= 0.6 is 0 Å². The smallest absolute Gasteiger partial charge is 0.219 e. The highest BCUT2D eigenvalue weighted by molar-refractivity contribution is 5.73. The number of hydrogen-bond acceptors (Lipinski definition) is 4. The third kappa shape index (κ3) is 2.73. The largest absolute Gasteiger partial charge is 0.342 e. The van der Waals surface area contributed by atoms with E-state index in [9.17, 15) is 4.79 Å². The summed E-state index contributed by atoms with van der Waals surface area (Å²) in [4.78, 5) is 22.5. The molecule has 3 rings (SSSR count). The van der Waals surface area contributed by atoms with Crippen LogP contribution in [0.4, 0.5) is 0 Å². The molecule has 1 amide bonds. The first kappa shape index (κ1) is 14.7. The predicted octanol–water partition coefficient (Wildman–Crippen LogP) is 2.00. The number of carbonyl (C=O) groups is 1. The first-order chi connectivity index (χ1) is 10.6. The Hall–Kier alpha value is -2.24. The lowest BCUT2D eigenvalue weighted by atomic mass is 10.0. The van der Waals surface area contributed by atoms with Gasteiger partial charge < -0.3 is 4.90 Å². The Morgan fingerprint density at radius 3 is 2.91 bits per heavy atom. The van der Waals surface area contributed by atoms with Crippen molar-refractivity contribution in [3.05, 3.63) is 29.8 Å². The van der Waals surface area contributed by atoms with E-state index in [4.69, 9.17) is 0 Å². The normalized spacial score (nSPS) is 18.0. The van der Waals surface area contributed by atoms with Crippen molar-refractivity contribution < 1.29 is 4.79 Å². The van der Waals surface area contributed by atoms with E-state index in [1.165, 1.54) is 0 Å². The van der Waals surface area contributed by atoms with Crippen molar-refractivity contribution in [2.45, 2.75) is 39.7 Å². The van der Waals surface area contributed by atoms with Crippen LogP contribution in [0, 0.1) is 6.92 Å². The highest BCUT2D eigenvalue weighted by Crippen LogP contribution is 2.28. The van der Waals surface area contributed by atoms with E-state index in [1.807, 2.05) is 28.6 Å². The standard InChI is InChI=1S/C16H21N5O/c1-4-21-16(5-7-17-21)15-9-14(18-11(2)19-15)13-6-8-20(10-13)12(3)22/h5,7,9,13H,4,6,8,10H2,1-3H3/t13-/m1/s1. The minimum Gasteiger partial charge on any atom is -0.342 e. The van der Waals surface area contributed by atoms with Crippen molar-refractivity contribution in [2.75, 3.05) is 13.1 Å². The van der Waals surface area contributed by atoms with Crippen molar-refractivity contribution in [1.29, 1.82) is 0 Å². The first-order valence-electron chi connectivity index (χ1n) is 7.71. The van der Waals surface area contributed by atoms with Crippen molar-refractivity contribution in [2.24, 2.45) is 0 Å². The topological polar surface area (TPSA) is 63.9 Å². The van der Waals surface area contributed by atoms with Crippen LogP contribution in [0.25, 0.3) is 11.4 Å². The molecule has 2 aromatic heterocycles. The lowest BCUT2D eigenvalue weighted by Crippen LogP contribution is -2.25. The van der Waals surface area contributed by atoms with E-state index in [0.717, 1.165) is 49.0 Å². The summed E-state index contributed by atoms with van der Waals surface area (Å²) in [5.41, 5.74) is 2.94. The summed E-state index contributed by atoms with van der Waals surface area (Å²) in [6.07, 6.45) is 2.76. The molecule has 6 nitrogen and oxygen atoms in total. The molecule has 0 saturated carbocycles. The van der Waals surface area contributed by atoms with Gasteiger partial charge in [0.05, 0.1) is 11.4 Å². The predicted molar refractivity (Wildman–Crippen MR) is 83.3 cm³/mol. The summed E-state index contributed by atoms with van der Waals surface area (Å²) in [5.74, 6) is 1.19. The first-order valence-corrected chi connectivity index (χ1v) is 7.71. The minimum atomic E-state index is 0.137. The van der Waals surface area contributed by atoms with Gasteiger partial charge in [0.1, 0.15) is 5.82 Å². The number of rotatable bonds is 3. The Balaban J connectivity index is 1.93. The van der Waals surface area contributed by atoms with E-state index in [0.29, 0.717) is 5.92 Å². The quantitative estimate of drug-likeness (QED) is 0.869. The molecule has 0 bridgehead atoms. The fraction of sp³-hybridized carbons (Fsp3) is 0.500. The summed E-state index contributed by atoms with van der Waals surface area (Å²) >= 11 is 0. The third-order valence-corrected chi connectivity index (χ3v) is 4.19. The summed E-state index contributed by atoms with van der Waals surface area (Å²) < 4.78 is 1.93. The van der Waals surface area contributed by atoms with Crippen LogP contribution in [0.5, 0.6) is 0 Å². The summed E-state index contributed by atoms with van der Waals surface area (Å²) in [7, 11) is 0. The number of aromatic nitrogens is 4. The maximum Gasteiger partial charge on any atom is 0.219 e. The summed E-state index contributed by atoms with van der Waals surface area (Å²) in [6.45, 7) is 7.97. The molecule has 0 unspecified atom stereocenters. The molecule has 22 heavy (non-hydrogen) atoms. The highest BCUT2D eigenvalue weighted by Gasteiger charge is 2.27. The van der Waals surface area contributed by atoms with Gasteiger partial charge in [-0.1, -0.05) is 0 Å². The van der Waals surface area contributed by atoms with E-state index in [2.05, 4.69) is 22.0 Å². The molecular weight excluding hydrogens is 278 g/mol. The molecule has 6 heteroatoms. The number of hydrogen-bond donors (Lipinski definition) is 0. The van der Waals surface area contributed by atoms with E-state index in [-0.39, 0.29) is 5.91 Å². The van der Waals surface area contributed by atoms with Crippen LogP contribution in [0.3, 0.4) is 0 Å². The zero-order valence-corrected chi connectivity index (χ0v) is 13.3. The molecule has 2 aromatic rings. The van der Waals surface area contributed by atoms with Gasteiger partial charge in [0.15, 0.2) is 0 Å². The van der Waals surface area contributed by atoms with Gasteiger partial charge in [-0.3, -0.25) is 9.48 Å². The molecular formula is C16H21N5O. The lowest BCUT2D eigenvalue weighted by Gasteiger charge is -2.14. The van der Waals surface area contributed by atoms with Gasteiger partial charge in [0, 0.05) is 44.4 Å². The van der Waals surface area contributed by atoms with Crippen LogP contribution in [-0.4, -0.2) is 43.6 Å². The van der Waals surface area contributed by atoms with Gasteiger partial charge in [-0.05, 0) is 32.4 Å². The minimum absolute atomic E-state index is 0.137. The molecule has 1 atom stereocenters. The number of nitrogens with zero attached hydrogens (tertiary/aromatic N) is 5. The average molecular weight is 299 g/mol. The van der Waals surface area contributed by atoms with Crippen LogP contribution in [-0.2, 0) is 11.3 Å². The molecule has 1 fully saturated rings. The van der Waals surface area contributed by atoms with Gasteiger partial charge in [0.2, 0.25) is 5.91 Å². The van der Waals surface area contributed by atoms with Gasteiger partial charge >= 0.3 is 0 Å². The van der Waals surface area contributed by atoms with Crippen molar-refractivity contribution in [3.8, 4) is 11.4 Å². The Morgan fingerprint density at radius 2 is 2.23 bits per heavy atom. The Bertz CT molecular complexity index is 694. The lowest BCUT2D eigenvalue weighted by molar-refractivity contribution is -0.127. The fourth-order valence-electron chi connectivity index (χ4n) is 3.02. The molecule has 1 aliphatic rings. The zero-order valence-electron chi connectivity index (χ0n) is 13.3. The van der Waals surface area contributed by atoms with Gasteiger partial charge in [-0.2, -0.15) is 5.10 Å². The highest BCUT2D eigenvalue weighted by atomic mass is 16.2. The van der Waals surface area contributed by atoms with Gasteiger partial charge in [-0.25, -0.2) is 9.97 Å². The molecule has 116 valence electrons. The SMILES string of the molecule is CCn1nccc1-c1cc([C@@H]2CCN(C(C)=O)C2)nc(C)n1. The van der Waals surface area contributed by atoms with Crippen molar-refractivity contribution in [1.82, 2.24) is 24.6 Å². The van der Waals surface area contributed by atoms with Crippen LogP contribution < -0.4 is 0 Å². The molecule has 0 spiro atoms. The number of likely N-dealkylation sites (tertiary alicyclic amines) is 1. The summed E-state index contributed by atoms with van der Waals surface area (Å²) in [5, 5.41) is 4.31. The number of amides is 1. The Morgan fingerprint density at radius 1 is 1.41 bits per heavy atom. The van der Waals surface area contributed by atoms with Crippen LogP contribution in [0.2, 0.25) is 0 Å². The van der Waals surface area contributed by atoms with E-state index < -0.39 is 0 Å². The van der Waals surface area contributed by atoms with Gasteiger partial charge in [0.25, 0.3) is 0 Å². The number of aryl methyl sites for hydroxylation is 2. The Labute approximate surface area is 130 Å². The van der Waals surface area contributed by atoms with Crippen molar-refractivity contribution in [3.63, 3.8) is 0 Å². The molecule has 3 heterocycles. The van der Waals surface area contributed by atoms with Crippen LogP contribution in [0.1, 0.15) is 37.7 Å². The summed E-state index contributed by atoms with van der Waals surface area (Å²) in [6, 6.07) is 4.02. The fourth-order valence-corrected chi connectivity index (χ4v) is 3.02. The van der Waals surface area contributed by atoms with E-state index in [1.54, 1.807) is 13.1 Å². The molecule has 0 aliphatic carbocycles. The molecule has 1 saturated heterocycles. The number of carbonyl (C=O) groups excluding carboxylic acids is 1.